The molecular formula is C71H126N8O15. The Kier molecular flexibility index (Phi) is 37.7. The molecule has 23 nitrogen and oxygen atoms in total. The first-order chi connectivity index (χ1) is 43.9. The van der Waals surface area contributed by atoms with Crippen molar-refractivity contribution in [1.29, 1.82) is 0 Å². The molecule has 2 fully saturated rings. The number of amides is 7. The summed E-state index contributed by atoms with van der Waals surface area (Å²) in [6.45, 7) is 32.1. The van der Waals surface area contributed by atoms with Crippen LogP contribution in [0.5, 0.6) is 0 Å². The summed E-state index contributed by atoms with van der Waals surface area (Å²) in [5, 5.41) is 29.8. The van der Waals surface area contributed by atoms with E-state index < -0.39 is 167 Å². The minimum absolute atomic E-state index is 0.0275. The van der Waals surface area contributed by atoms with E-state index in [2.05, 4.69) is 20.9 Å². The molecule has 2 heterocycles. The van der Waals surface area contributed by atoms with Crippen LogP contribution in [0.1, 0.15) is 201 Å². The van der Waals surface area contributed by atoms with Crippen LogP contribution in [0.15, 0.2) is 0 Å². The van der Waals surface area contributed by atoms with Crippen LogP contribution in [-0.2, 0) is 62.2 Å². The number of carbonyl (C=O) groups is 11. The number of ether oxygens (including phenoxy) is 2. The van der Waals surface area contributed by atoms with Crippen molar-refractivity contribution in [2.75, 3.05) is 74.3 Å². The summed E-state index contributed by atoms with van der Waals surface area (Å²) in [5.74, 6) is -12.2. The van der Waals surface area contributed by atoms with Gasteiger partial charge in [-0.2, -0.15) is 0 Å². The average Bonchev–Trinajstić information content (AvgIpc) is 0.835. The lowest BCUT2D eigenvalue weighted by molar-refractivity contribution is -0.150. The molecule has 23 heteroatoms. The van der Waals surface area contributed by atoms with E-state index in [4.69, 9.17) is 9.47 Å². The molecule has 2 rings (SSSR count). The molecule has 0 aliphatic carbocycles. The second kappa shape index (κ2) is 41.8. The van der Waals surface area contributed by atoms with Gasteiger partial charge in [-0.3, -0.25) is 57.6 Å². The number of hydrogen-bond acceptors (Lipinski definition) is 16. The number of nitrogens with zero attached hydrogens (tertiary/aromatic N) is 5. The second-order valence-corrected chi connectivity index (χ2v) is 29.3. The molecule has 0 spiro atoms. The van der Waals surface area contributed by atoms with Crippen molar-refractivity contribution in [3.8, 4) is 0 Å². The van der Waals surface area contributed by atoms with Crippen molar-refractivity contribution in [1.82, 2.24) is 40.4 Å². The largest absolute Gasteiger partial charge is 0.396 e. The third-order valence-corrected chi connectivity index (χ3v) is 19.0. The van der Waals surface area contributed by atoms with Gasteiger partial charge in [-0.25, -0.2) is 0 Å². The van der Waals surface area contributed by atoms with Gasteiger partial charge in [-0.1, -0.05) is 110 Å². The van der Waals surface area contributed by atoms with E-state index in [9.17, 15) is 58.2 Å². The fourth-order valence-corrected chi connectivity index (χ4v) is 13.1. The van der Waals surface area contributed by atoms with Crippen LogP contribution >= 0.6 is 0 Å². The zero-order valence-electron chi connectivity index (χ0n) is 61.3. The van der Waals surface area contributed by atoms with Crippen molar-refractivity contribution in [2.45, 2.75) is 255 Å². The highest BCUT2D eigenvalue weighted by atomic mass is 16.5. The maximum absolute atomic E-state index is 15.1. The Hall–Kier alpha value is -5.23. The van der Waals surface area contributed by atoms with Gasteiger partial charge in [0.2, 0.25) is 41.4 Å². The van der Waals surface area contributed by atoms with E-state index in [1.54, 1.807) is 62.3 Å². The molecule has 0 unspecified atom stereocenters. The van der Waals surface area contributed by atoms with Gasteiger partial charge in [-0.15, -0.1) is 0 Å². The predicted octanol–water partition coefficient (Wildman–Crippen LogP) is 6.05. The molecule has 2 aliphatic rings. The van der Waals surface area contributed by atoms with Gasteiger partial charge < -0.3 is 55.2 Å². The minimum atomic E-state index is -1.65. The van der Waals surface area contributed by atoms with Crippen molar-refractivity contribution in [3.63, 3.8) is 0 Å². The first kappa shape index (κ1) is 84.9. The third-order valence-electron chi connectivity index (χ3n) is 19.0. The molecule has 14 atom stereocenters. The van der Waals surface area contributed by atoms with Gasteiger partial charge in [0, 0.05) is 104 Å². The predicted molar refractivity (Wildman–Crippen MR) is 362 cm³/mol. The van der Waals surface area contributed by atoms with E-state index >= 15 is 4.79 Å². The number of ketones is 4. The number of likely N-dealkylation sites (N-methyl/N-ethyl adjacent to an activating group) is 4. The topological polar surface area (TPSA) is 299 Å². The maximum Gasteiger partial charge on any atom is 0.245 e. The van der Waals surface area contributed by atoms with Crippen LogP contribution in [0.4, 0.5) is 0 Å². The quantitative estimate of drug-likeness (QED) is 0.0727. The number of aliphatic hydroxyl groups excluding tert-OH is 2. The molecule has 0 radical (unpaired) electrons. The number of unbranched alkanes of at least 4 members (excludes halogenated alkanes) is 3. The van der Waals surface area contributed by atoms with Crippen molar-refractivity contribution in [3.05, 3.63) is 0 Å². The lowest BCUT2D eigenvalue weighted by atomic mass is 9.85. The van der Waals surface area contributed by atoms with E-state index in [-0.39, 0.29) is 75.9 Å². The van der Waals surface area contributed by atoms with E-state index in [0.717, 1.165) is 26.1 Å². The Bertz CT molecular complexity index is 2450. The summed E-state index contributed by atoms with van der Waals surface area (Å²) in [6, 6.07) is -8.56. The lowest BCUT2D eigenvalue weighted by Gasteiger charge is -2.36. The van der Waals surface area contributed by atoms with Crippen molar-refractivity contribution >= 4 is 64.5 Å². The molecule has 7 amide bonds. The second-order valence-electron chi connectivity index (χ2n) is 29.3. The summed E-state index contributed by atoms with van der Waals surface area (Å²) in [4.78, 5) is 169. The van der Waals surface area contributed by atoms with Crippen LogP contribution in [0.25, 0.3) is 0 Å². The Morgan fingerprint density at radius 2 is 1.07 bits per heavy atom. The average molecular weight is 1330 g/mol. The van der Waals surface area contributed by atoms with E-state index in [1.807, 2.05) is 41.5 Å². The lowest BCUT2D eigenvalue weighted by Crippen LogP contribution is -2.61. The van der Waals surface area contributed by atoms with Crippen molar-refractivity contribution < 1.29 is 72.4 Å². The summed E-state index contributed by atoms with van der Waals surface area (Å²) in [7, 11) is 5.90. The zero-order chi connectivity index (χ0) is 71.6. The number of hydrogen-bond donors (Lipinski definition) is 5. The van der Waals surface area contributed by atoms with E-state index in [1.165, 1.54) is 54.7 Å². The number of rotatable bonds is 23. The van der Waals surface area contributed by atoms with Gasteiger partial charge in [0.05, 0.1) is 43.5 Å². The van der Waals surface area contributed by atoms with Crippen LogP contribution in [-0.4, -0.2) is 228 Å². The van der Waals surface area contributed by atoms with Crippen LogP contribution in [0.3, 0.4) is 0 Å². The number of aliphatic hydroxyl groups is 2. The van der Waals surface area contributed by atoms with Gasteiger partial charge >= 0.3 is 0 Å². The zero-order valence-corrected chi connectivity index (χ0v) is 61.3. The summed E-state index contributed by atoms with van der Waals surface area (Å²) >= 11 is 0. The monoisotopic (exact) mass is 1330 g/mol. The summed E-state index contributed by atoms with van der Waals surface area (Å²) in [6.07, 6.45) is 0.563. The fourth-order valence-electron chi connectivity index (χ4n) is 13.1. The smallest absolute Gasteiger partial charge is 0.245 e. The van der Waals surface area contributed by atoms with Gasteiger partial charge in [0.1, 0.15) is 24.2 Å². The third kappa shape index (κ3) is 26.6. The molecule has 5 N–H and O–H groups in total. The summed E-state index contributed by atoms with van der Waals surface area (Å²) < 4.78 is 11.9. The maximum atomic E-state index is 15.1. The molecular weight excluding hydrogens is 1200 g/mol. The van der Waals surface area contributed by atoms with E-state index in [0.29, 0.717) is 45.3 Å². The van der Waals surface area contributed by atoms with Crippen LogP contribution < -0.4 is 16.0 Å². The highest BCUT2D eigenvalue weighted by Crippen LogP contribution is 2.29. The Labute approximate surface area is 563 Å². The summed E-state index contributed by atoms with van der Waals surface area (Å²) in [5.41, 5.74) is 0. The van der Waals surface area contributed by atoms with Crippen molar-refractivity contribution in [2.24, 2.45) is 59.2 Å². The standard InChI is InChI=1S/C71H126N8O15/c1-21-54-57(81)39-49(14)68(89)78(20)63(51(16)94-32-26-24-28-79-29-33-93-34-30-79)60(84)41-53(45(8)9)71(92)76(18)55(36-43(4)5)58(82)38-48(13)65(86)72-50(15)69(90)75(17)56(37-44(6)7)59(83)40-52(35-42(2)3)70(91)77(19)62(46(10)11)67(88)74-61(66(87)73-54)64(85)47(12)27-23-22-25-31-80/h42-56,61-64,80,85H,21-41H2,1-20H3,(H,72,86)(H,73,87)(H,74,88)/t47-,48-,49+,50-,51-,52-,53+,54+,55+,56+,61+,62+,63+,64-/m1/s1. The number of morpholine rings is 1. The normalized spacial score (nSPS) is 27.6. The highest BCUT2D eigenvalue weighted by Gasteiger charge is 2.44. The molecule has 2 aliphatic heterocycles. The molecule has 94 heavy (non-hydrogen) atoms. The minimum Gasteiger partial charge on any atom is -0.396 e. The number of carbonyl (C=O) groups excluding carboxylic acids is 11. The van der Waals surface area contributed by atoms with Crippen LogP contribution in [0.2, 0.25) is 0 Å². The number of Topliss-reactive ketones (excluding diaryl/α,β-unsaturated/α-hetero) is 4. The van der Waals surface area contributed by atoms with Gasteiger partial charge in [-0.05, 0) is 107 Å². The molecule has 0 bridgehead atoms. The SMILES string of the molecule is CC[C@@H]1NC(=O)[C@H]([C@H](O)[C@H](C)CCCCCO)NC(=O)[C@H](C(C)C)N(C)C(=O)[C@H](CC(C)C)CC(=O)[C@H](CC(C)C)N(C)C(=O)[C@@H](C)NC(=O)[C@H](C)CC(=O)[C@H](CC(C)C)N(C)C(=O)[C@H](C(C)C)CC(=O)[C@H]([C@@H](C)OCCCCN2CCOCC2)N(C)C(=O)[C@@H](C)CC1=O. The Morgan fingerprint density at radius 3 is 1.61 bits per heavy atom. The molecule has 0 aromatic carbocycles. The molecule has 540 valence electrons. The molecule has 0 aromatic heterocycles. The van der Waals surface area contributed by atoms with Gasteiger partial charge in [0.15, 0.2) is 23.1 Å². The Morgan fingerprint density at radius 1 is 0.532 bits per heavy atom. The molecule has 0 aromatic rings. The first-order valence-corrected chi connectivity index (χ1v) is 35.2. The first-order valence-electron chi connectivity index (χ1n) is 35.2. The fraction of sp³-hybridized carbons (Fsp3) is 0.845. The number of nitrogens with one attached hydrogen (secondary N) is 3. The van der Waals surface area contributed by atoms with Crippen LogP contribution in [0, 0.1) is 59.2 Å². The molecule has 0 saturated carbocycles. The van der Waals surface area contributed by atoms with Gasteiger partial charge in [0.25, 0.3) is 0 Å². The highest BCUT2D eigenvalue weighted by molar-refractivity contribution is 6.00. The Balaban J connectivity index is 2.91. The molecule has 2 saturated heterocycles.